The van der Waals surface area contributed by atoms with E-state index < -0.39 is 0 Å². The first-order chi connectivity index (χ1) is 8.33. The van der Waals surface area contributed by atoms with Crippen molar-refractivity contribution < 1.29 is 13.9 Å². The minimum absolute atomic E-state index is 0.304. The minimum atomic E-state index is -0.304. The summed E-state index contributed by atoms with van der Waals surface area (Å²) in [6.07, 6.45) is 2.37. The van der Waals surface area contributed by atoms with Crippen LogP contribution >= 0.6 is 0 Å². The molecule has 2 aliphatic heterocycles. The Hall–Kier alpha value is -1.36. The van der Waals surface area contributed by atoms with E-state index in [9.17, 15) is 4.39 Å². The van der Waals surface area contributed by atoms with Gasteiger partial charge < -0.3 is 9.47 Å². The standard InChI is InChI=1S/C12H15FN2O2/c13-9-7-11-12(17-6-5-16-11)14-10(9)8-15-3-1-2-4-15/h7H,1-6,8H2. The monoisotopic (exact) mass is 238 g/mol. The molecule has 0 aromatic carbocycles. The Bertz CT molecular complexity index is 419. The molecule has 4 nitrogen and oxygen atoms in total. The van der Waals surface area contributed by atoms with Crippen LogP contribution < -0.4 is 9.47 Å². The average Bonchev–Trinajstić information content (AvgIpc) is 2.83. The Morgan fingerprint density at radius 2 is 2.00 bits per heavy atom. The van der Waals surface area contributed by atoms with Gasteiger partial charge in [0, 0.05) is 12.6 Å². The zero-order valence-corrected chi connectivity index (χ0v) is 9.62. The Morgan fingerprint density at radius 1 is 1.24 bits per heavy atom. The summed E-state index contributed by atoms with van der Waals surface area (Å²) in [6.45, 7) is 3.54. The summed E-state index contributed by atoms with van der Waals surface area (Å²) in [6, 6.07) is 1.38. The summed E-state index contributed by atoms with van der Waals surface area (Å²) >= 11 is 0. The van der Waals surface area contributed by atoms with E-state index in [1.54, 1.807) is 0 Å². The van der Waals surface area contributed by atoms with Gasteiger partial charge >= 0.3 is 0 Å². The zero-order chi connectivity index (χ0) is 11.7. The van der Waals surface area contributed by atoms with Crippen molar-refractivity contribution in [3.8, 4) is 11.6 Å². The molecule has 1 aromatic heterocycles. The van der Waals surface area contributed by atoms with E-state index in [0.29, 0.717) is 37.1 Å². The van der Waals surface area contributed by atoms with Gasteiger partial charge in [0.15, 0.2) is 5.75 Å². The smallest absolute Gasteiger partial charge is 0.257 e. The number of nitrogens with zero attached hydrogens (tertiary/aromatic N) is 2. The second-order valence-corrected chi connectivity index (χ2v) is 4.40. The summed E-state index contributed by atoms with van der Waals surface area (Å²) in [5.41, 5.74) is 0.455. The van der Waals surface area contributed by atoms with Gasteiger partial charge in [0.1, 0.15) is 19.0 Å². The zero-order valence-electron chi connectivity index (χ0n) is 9.62. The van der Waals surface area contributed by atoms with Crippen LogP contribution in [0.25, 0.3) is 0 Å². The van der Waals surface area contributed by atoms with Crippen LogP contribution in [0, 0.1) is 5.82 Å². The fraction of sp³-hybridized carbons (Fsp3) is 0.583. The van der Waals surface area contributed by atoms with Crippen molar-refractivity contribution in [3.63, 3.8) is 0 Å². The van der Waals surface area contributed by atoms with Crippen LogP contribution in [0.3, 0.4) is 0 Å². The number of pyridine rings is 1. The number of aromatic nitrogens is 1. The molecule has 0 saturated carbocycles. The summed E-state index contributed by atoms with van der Waals surface area (Å²) in [5.74, 6) is 0.534. The average molecular weight is 238 g/mol. The maximum Gasteiger partial charge on any atom is 0.257 e. The second-order valence-electron chi connectivity index (χ2n) is 4.40. The van der Waals surface area contributed by atoms with Crippen LogP contribution in [-0.2, 0) is 6.54 Å². The van der Waals surface area contributed by atoms with Crippen LogP contribution in [0.4, 0.5) is 4.39 Å². The third kappa shape index (κ3) is 2.20. The number of fused-ring (bicyclic) bond motifs is 1. The highest BCUT2D eigenvalue weighted by atomic mass is 19.1. The van der Waals surface area contributed by atoms with E-state index >= 15 is 0 Å². The highest BCUT2D eigenvalue weighted by Gasteiger charge is 2.20. The van der Waals surface area contributed by atoms with Gasteiger partial charge in [0.25, 0.3) is 5.88 Å². The van der Waals surface area contributed by atoms with E-state index in [2.05, 4.69) is 9.88 Å². The predicted octanol–water partition coefficient (Wildman–Crippen LogP) is 1.59. The molecular weight excluding hydrogens is 223 g/mol. The van der Waals surface area contributed by atoms with Crippen LogP contribution in [0.15, 0.2) is 6.07 Å². The van der Waals surface area contributed by atoms with Gasteiger partial charge in [-0.25, -0.2) is 9.37 Å². The lowest BCUT2D eigenvalue weighted by Crippen LogP contribution is -2.22. The summed E-state index contributed by atoms with van der Waals surface area (Å²) in [7, 11) is 0. The first kappa shape index (κ1) is 10.8. The van der Waals surface area contributed by atoms with Crippen molar-refractivity contribution in [2.45, 2.75) is 19.4 Å². The van der Waals surface area contributed by atoms with Crippen molar-refractivity contribution in [3.05, 3.63) is 17.6 Å². The Labute approximate surface area is 99.3 Å². The van der Waals surface area contributed by atoms with Crippen molar-refractivity contribution in [1.82, 2.24) is 9.88 Å². The van der Waals surface area contributed by atoms with Gasteiger partial charge in [-0.2, -0.15) is 0 Å². The number of rotatable bonds is 2. The summed E-state index contributed by atoms with van der Waals surface area (Å²) in [5, 5.41) is 0. The molecule has 0 aliphatic carbocycles. The number of likely N-dealkylation sites (tertiary alicyclic amines) is 1. The molecule has 3 heterocycles. The third-order valence-corrected chi connectivity index (χ3v) is 3.13. The lowest BCUT2D eigenvalue weighted by molar-refractivity contribution is 0.162. The lowest BCUT2D eigenvalue weighted by atomic mass is 10.3. The highest BCUT2D eigenvalue weighted by Crippen LogP contribution is 2.30. The number of hydrogen-bond donors (Lipinski definition) is 0. The van der Waals surface area contributed by atoms with Gasteiger partial charge in [-0.1, -0.05) is 0 Å². The molecule has 5 heteroatoms. The van der Waals surface area contributed by atoms with Gasteiger partial charge in [0.05, 0.1) is 5.69 Å². The SMILES string of the molecule is Fc1cc2c(nc1CN1CCCC1)OCCO2. The van der Waals surface area contributed by atoms with Crippen molar-refractivity contribution >= 4 is 0 Å². The molecule has 0 N–H and O–H groups in total. The molecule has 0 amide bonds. The van der Waals surface area contributed by atoms with E-state index in [0.717, 1.165) is 13.1 Å². The number of hydrogen-bond acceptors (Lipinski definition) is 4. The molecule has 0 radical (unpaired) electrons. The minimum Gasteiger partial charge on any atom is -0.484 e. The fourth-order valence-electron chi connectivity index (χ4n) is 2.25. The lowest BCUT2D eigenvalue weighted by Gasteiger charge is -2.20. The summed E-state index contributed by atoms with van der Waals surface area (Å²) in [4.78, 5) is 6.42. The topological polar surface area (TPSA) is 34.6 Å². The quantitative estimate of drug-likeness (QED) is 0.783. The normalized spacial score (nSPS) is 19.6. The molecule has 1 aromatic rings. The van der Waals surface area contributed by atoms with Crippen molar-refractivity contribution in [2.75, 3.05) is 26.3 Å². The van der Waals surface area contributed by atoms with Gasteiger partial charge in [0.2, 0.25) is 0 Å². The van der Waals surface area contributed by atoms with Crippen LogP contribution in [0.5, 0.6) is 11.6 Å². The van der Waals surface area contributed by atoms with E-state index in [4.69, 9.17) is 9.47 Å². The van der Waals surface area contributed by atoms with Crippen molar-refractivity contribution in [1.29, 1.82) is 0 Å². The van der Waals surface area contributed by atoms with Crippen LogP contribution in [-0.4, -0.2) is 36.2 Å². The summed E-state index contributed by atoms with van der Waals surface area (Å²) < 4.78 is 24.5. The third-order valence-electron chi connectivity index (χ3n) is 3.13. The maximum absolute atomic E-state index is 13.8. The predicted molar refractivity (Wildman–Crippen MR) is 59.7 cm³/mol. The molecule has 0 atom stereocenters. The molecule has 0 spiro atoms. The molecule has 0 unspecified atom stereocenters. The number of ether oxygens (including phenoxy) is 2. The Morgan fingerprint density at radius 3 is 2.82 bits per heavy atom. The van der Waals surface area contributed by atoms with Crippen LogP contribution in [0.1, 0.15) is 18.5 Å². The van der Waals surface area contributed by atoms with Crippen LogP contribution in [0.2, 0.25) is 0 Å². The molecular formula is C12H15FN2O2. The van der Waals surface area contributed by atoms with Gasteiger partial charge in [-0.05, 0) is 25.9 Å². The first-order valence-electron chi connectivity index (χ1n) is 6.00. The molecule has 2 aliphatic rings. The molecule has 1 saturated heterocycles. The van der Waals surface area contributed by atoms with E-state index in [-0.39, 0.29) is 5.82 Å². The largest absolute Gasteiger partial charge is 0.484 e. The Kier molecular flexibility index (Phi) is 2.84. The molecule has 0 bridgehead atoms. The Balaban J connectivity index is 1.83. The molecule has 92 valence electrons. The van der Waals surface area contributed by atoms with E-state index in [1.807, 2.05) is 0 Å². The highest BCUT2D eigenvalue weighted by molar-refractivity contribution is 5.36. The molecule has 1 fully saturated rings. The maximum atomic E-state index is 13.8. The van der Waals surface area contributed by atoms with Gasteiger partial charge in [-0.3, -0.25) is 4.90 Å². The molecule has 17 heavy (non-hydrogen) atoms. The first-order valence-corrected chi connectivity index (χ1v) is 6.00. The van der Waals surface area contributed by atoms with E-state index in [1.165, 1.54) is 18.9 Å². The van der Waals surface area contributed by atoms with Gasteiger partial charge in [-0.15, -0.1) is 0 Å². The molecule has 3 rings (SSSR count). The number of halogens is 1. The van der Waals surface area contributed by atoms with Crippen molar-refractivity contribution in [2.24, 2.45) is 0 Å². The second kappa shape index (κ2) is 4.49. The fourth-order valence-corrected chi connectivity index (χ4v) is 2.25.